The lowest BCUT2D eigenvalue weighted by Crippen LogP contribution is -2.31. The zero-order chi connectivity index (χ0) is 14.5. The topological polar surface area (TPSA) is 47.6 Å². The molecule has 1 fully saturated rings. The summed E-state index contributed by atoms with van der Waals surface area (Å²) < 4.78 is 10.5. The fourth-order valence-corrected chi connectivity index (χ4v) is 3.38. The van der Waals surface area contributed by atoms with Crippen LogP contribution < -0.4 is 14.8 Å². The Bertz CT molecular complexity index is 478. The van der Waals surface area contributed by atoms with Crippen LogP contribution in [0, 0.1) is 5.92 Å². The van der Waals surface area contributed by atoms with Crippen molar-refractivity contribution in [3.8, 4) is 11.5 Å². The maximum Gasteiger partial charge on any atom is 0.255 e. The molecule has 0 aromatic heterocycles. The molecule has 1 aliphatic carbocycles. The van der Waals surface area contributed by atoms with E-state index < -0.39 is 0 Å². The van der Waals surface area contributed by atoms with Crippen LogP contribution in [0.4, 0.5) is 0 Å². The summed E-state index contributed by atoms with van der Waals surface area (Å²) in [5, 5.41) is 2.99. The molecule has 0 heterocycles. The minimum atomic E-state index is -0.118. The number of halogens is 1. The Labute approximate surface area is 128 Å². The lowest BCUT2D eigenvalue weighted by Gasteiger charge is -2.16. The van der Waals surface area contributed by atoms with Gasteiger partial charge in [-0.05, 0) is 30.9 Å². The Hall–Kier alpha value is -1.23. The van der Waals surface area contributed by atoms with Crippen LogP contribution in [0.1, 0.15) is 29.6 Å². The van der Waals surface area contributed by atoms with E-state index in [4.69, 9.17) is 9.47 Å². The van der Waals surface area contributed by atoms with Crippen LogP contribution >= 0.6 is 15.9 Å². The van der Waals surface area contributed by atoms with Crippen molar-refractivity contribution < 1.29 is 14.3 Å². The molecule has 4 nitrogen and oxygen atoms in total. The van der Waals surface area contributed by atoms with E-state index in [1.165, 1.54) is 12.8 Å². The van der Waals surface area contributed by atoms with Gasteiger partial charge in [0.2, 0.25) is 0 Å². The highest BCUT2D eigenvalue weighted by Gasteiger charge is 2.25. The third-order valence-corrected chi connectivity index (χ3v) is 4.94. The SMILES string of the molecule is COc1cccc(C(=O)NCC2CCCC2Br)c1OC. The number of nitrogens with one attached hydrogen (secondary N) is 1. The van der Waals surface area contributed by atoms with Crippen molar-refractivity contribution in [2.45, 2.75) is 24.1 Å². The maximum absolute atomic E-state index is 12.3. The molecule has 1 aromatic rings. The van der Waals surface area contributed by atoms with Crippen LogP contribution in [0.5, 0.6) is 11.5 Å². The minimum absolute atomic E-state index is 0.118. The van der Waals surface area contributed by atoms with Crippen LogP contribution in [0.3, 0.4) is 0 Å². The van der Waals surface area contributed by atoms with Crippen molar-refractivity contribution in [1.82, 2.24) is 5.32 Å². The number of hydrogen-bond acceptors (Lipinski definition) is 3. The van der Waals surface area contributed by atoms with E-state index in [9.17, 15) is 4.79 Å². The number of hydrogen-bond donors (Lipinski definition) is 1. The second-order valence-electron chi connectivity index (χ2n) is 4.96. The molecular formula is C15H20BrNO3. The highest BCUT2D eigenvalue weighted by molar-refractivity contribution is 9.09. The molecule has 0 saturated heterocycles. The predicted molar refractivity (Wildman–Crippen MR) is 81.9 cm³/mol. The Morgan fingerprint density at radius 2 is 2.15 bits per heavy atom. The van der Waals surface area contributed by atoms with Gasteiger partial charge in [-0.15, -0.1) is 0 Å². The molecule has 0 aliphatic heterocycles. The Morgan fingerprint density at radius 1 is 1.35 bits per heavy atom. The Kier molecular flexibility index (Phi) is 5.29. The highest BCUT2D eigenvalue weighted by Crippen LogP contribution is 2.32. The average Bonchev–Trinajstić information content (AvgIpc) is 2.89. The van der Waals surface area contributed by atoms with Crippen molar-refractivity contribution in [2.24, 2.45) is 5.92 Å². The molecule has 5 heteroatoms. The summed E-state index contributed by atoms with van der Waals surface area (Å²) in [6.07, 6.45) is 3.56. The van der Waals surface area contributed by atoms with Crippen molar-refractivity contribution in [3.63, 3.8) is 0 Å². The summed E-state index contributed by atoms with van der Waals surface area (Å²) in [5.74, 6) is 1.44. The summed E-state index contributed by atoms with van der Waals surface area (Å²) in [4.78, 5) is 12.8. The normalized spacial score (nSPS) is 21.6. The first kappa shape index (κ1) is 15.2. The van der Waals surface area contributed by atoms with Gasteiger partial charge < -0.3 is 14.8 Å². The maximum atomic E-state index is 12.3. The first-order chi connectivity index (χ1) is 9.67. The van der Waals surface area contributed by atoms with Crippen molar-refractivity contribution >= 4 is 21.8 Å². The third kappa shape index (κ3) is 3.26. The molecule has 20 heavy (non-hydrogen) atoms. The summed E-state index contributed by atoms with van der Waals surface area (Å²) in [6.45, 7) is 0.690. The molecule has 110 valence electrons. The van der Waals surface area contributed by atoms with Crippen molar-refractivity contribution in [2.75, 3.05) is 20.8 Å². The van der Waals surface area contributed by atoms with Crippen LogP contribution in [0.2, 0.25) is 0 Å². The van der Waals surface area contributed by atoms with Gasteiger partial charge in [-0.3, -0.25) is 4.79 Å². The monoisotopic (exact) mass is 341 g/mol. The summed E-state index contributed by atoms with van der Waals surface area (Å²) in [6, 6.07) is 5.32. The number of alkyl halides is 1. The average molecular weight is 342 g/mol. The molecule has 1 aromatic carbocycles. The summed E-state index contributed by atoms with van der Waals surface area (Å²) in [5.41, 5.74) is 0.510. The van der Waals surface area contributed by atoms with E-state index in [1.807, 2.05) is 0 Å². The Morgan fingerprint density at radius 3 is 2.75 bits per heavy atom. The number of benzene rings is 1. The molecule has 2 rings (SSSR count). The number of para-hydroxylation sites is 1. The lowest BCUT2D eigenvalue weighted by molar-refractivity contribution is 0.0944. The standard InChI is InChI=1S/C15H20BrNO3/c1-19-13-8-4-6-11(14(13)20-2)15(18)17-9-10-5-3-7-12(10)16/h4,6,8,10,12H,3,5,7,9H2,1-2H3,(H,17,18). The quantitative estimate of drug-likeness (QED) is 0.837. The fraction of sp³-hybridized carbons (Fsp3) is 0.533. The van der Waals surface area contributed by atoms with Crippen molar-refractivity contribution in [1.29, 1.82) is 0 Å². The highest BCUT2D eigenvalue weighted by atomic mass is 79.9. The van der Waals surface area contributed by atoms with Gasteiger partial charge in [-0.2, -0.15) is 0 Å². The number of amides is 1. The summed E-state index contributed by atoms with van der Waals surface area (Å²) >= 11 is 3.67. The van der Waals surface area contributed by atoms with E-state index in [0.29, 0.717) is 34.4 Å². The van der Waals surface area contributed by atoms with Gasteiger partial charge >= 0.3 is 0 Å². The molecule has 1 amide bonds. The van der Waals surface area contributed by atoms with Crippen LogP contribution in [-0.2, 0) is 0 Å². The number of carbonyl (C=O) groups is 1. The van der Waals surface area contributed by atoms with Crippen molar-refractivity contribution in [3.05, 3.63) is 23.8 Å². The number of methoxy groups -OCH3 is 2. The zero-order valence-electron chi connectivity index (χ0n) is 11.8. The molecular weight excluding hydrogens is 322 g/mol. The molecule has 0 bridgehead atoms. The van der Waals surface area contributed by atoms with Gasteiger partial charge in [0.05, 0.1) is 19.8 Å². The second kappa shape index (κ2) is 6.97. The molecule has 1 aliphatic rings. The molecule has 1 saturated carbocycles. The Balaban J connectivity index is 2.05. The van der Waals surface area contributed by atoms with E-state index in [2.05, 4.69) is 21.2 Å². The fourth-order valence-electron chi connectivity index (χ4n) is 2.61. The van der Waals surface area contributed by atoms with Gasteiger partial charge in [-0.25, -0.2) is 0 Å². The van der Waals surface area contributed by atoms with Crippen LogP contribution in [0.15, 0.2) is 18.2 Å². The van der Waals surface area contributed by atoms with E-state index in [0.717, 1.165) is 6.42 Å². The lowest BCUT2D eigenvalue weighted by atomic mass is 10.1. The second-order valence-corrected chi connectivity index (χ2v) is 6.13. The molecule has 2 atom stereocenters. The van der Waals surface area contributed by atoms with Gasteiger partial charge in [0.25, 0.3) is 5.91 Å². The first-order valence-electron chi connectivity index (χ1n) is 6.80. The van der Waals surface area contributed by atoms with Crippen LogP contribution in [0.25, 0.3) is 0 Å². The molecule has 1 N–H and O–H groups in total. The zero-order valence-corrected chi connectivity index (χ0v) is 13.4. The molecule has 2 unspecified atom stereocenters. The summed E-state index contributed by atoms with van der Waals surface area (Å²) in [7, 11) is 3.10. The van der Waals surface area contributed by atoms with Gasteiger partial charge in [0.1, 0.15) is 0 Å². The first-order valence-corrected chi connectivity index (χ1v) is 7.72. The molecule has 0 spiro atoms. The van der Waals surface area contributed by atoms with Gasteiger partial charge in [0, 0.05) is 11.4 Å². The van der Waals surface area contributed by atoms with Crippen LogP contribution in [-0.4, -0.2) is 31.5 Å². The largest absolute Gasteiger partial charge is 0.493 e. The predicted octanol–water partition coefficient (Wildman–Crippen LogP) is 3.00. The third-order valence-electron chi connectivity index (χ3n) is 3.74. The van der Waals surface area contributed by atoms with E-state index in [-0.39, 0.29) is 5.91 Å². The minimum Gasteiger partial charge on any atom is -0.493 e. The van der Waals surface area contributed by atoms with Gasteiger partial charge in [0.15, 0.2) is 11.5 Å². The smallest absolute Gasteiger partial charge is 0.255 e. The number of carbonyl (C=O) groups excluding carboxylic acids is 1. The van der Waals surface area contributed by atoms with E-state index >= 15 is 0 Å². The van der Waals surface area contributed by atoms with Gasteiger partial charge in [-0.1, -0.05) is 28.4 Å². The molecule has 0 radical (unpaired) electrons. The number of rotatable bonds is 5. The van der Waals surface area contributed by atoms with E-state index in [1.54, 1.807) is 32.4 Å². The number of ether oxygens (including phenoxy) is 2.